The van der Waals surface area contributed by atoms with Gasteiger partial charge in [-0.15, -0.1) is 0 Å². The van der Waals surface area contributed by atoms with Gasteiger partial charge >= 0.3 is 0 Å². The Bertz CT molecular complexity index is 1110. The second kappa shape index (κ2) is 9.14. The van der Waals surface area contributed by atoms with E-state index in [1.165, 1.54) is 4.90 Å². The third kappa shape index (κ3) is 4.37. The van der Waals surface area contributed by atoms with Crippen LogP contribution in [0.1, 0.15) is 23.7 Å². The molecule has 156 valence electrons. The van der Waals surface area contributed by atoms with Crippen LogP contribution in [0.15, 0.2) is 84.7 Å². The normalized spacial score (nSPS) is 13.8. The first-order valence-corrected chi connectivity index (χ1v) is 10.5. The fourth-order valence-corrected chi connectivity index (χ4v) is 3.81. The summed E-state index contributed by atoms with van der Waals surface area (Å²) in [6.45, 7) is 3.22. The molecule has 0 unspecified atom stereocenters. The molecule has 0 saturated carbocycles. The highest BCUT2D eigenvalue weighted by molar-refractivity contribution is 6.35. The summed E-state index contributed by atoms with van der Waals surface area (Å²) in [7, 11) is 0. The summed E-state index contributed by atoms with van der Waals surface area (Å²) >= 11 is 6.06. The molecule has 0 N–H and O–H groups in total. The summed E-state index contributed by atoms with van der Waals surface area (Å²) in [4.78, 5) is 34.5. The first-order chi connectivity index (χ1) is 15.1. The SMILES string of the molecule is CCN(Cc1ccccc1)C1=C(c2ccc(Cl)cc2)C(=O)N(Cc2ccccn2)C1=O. The van der Waals surface area contributed by atoms with Crippen LogP contribution in [-0.2, 0) is 22.7 Å². The van der Waals surface area contributed by atoms with E-state index in [0.717, 1.165) is 5.56 Å². The molecule has 4 rings (SSSR count). The van der Waals surface area contributed by atoms with Crippen molar-refractivity contribution in [3.05, 3.63) is 107 Å². The van der Waals surface area contributed by atoms with Gasteiger partial charge in [-0.3, -0.25) is 19.5 Å². The van der Waals surface area contributed by atoms with Gasteiger partial charge < -0.3 is 4.90 Å². The molecule has 1 aliphatic rings. The summed E-state index contributed by atoms with van der Waals surface area (Å²) in [5, 5.41) is 0.574. The van der Waals surface area contributed by atoms with Crippen molar-refractivity contribution in [1.29, 1.82) is 0 Å². The lowest BCUT2D eigenvalue weighted by atomic mass is 10.0. The van der Waals surface area contributed by atoms with Gasteiger partial charge in [0.05, 0.1) is 17.8 Å². The van der Waals surface area contributed by atoms with E-state index in [0.29, 0.717) is 40.6 Å². The van der Waals surface area contributed by atoms with E-state index in [1.54, 1.807) is 36.5 Å². The van der Waals surface area contributed by atoms with E-state index >= 15 is 0 Å². The number of hydrogen-bond acceptors (Lipinski definition) is 4. The van der Waals surface area contributed by atoms with Gasteiger partial charge in [-0.25, -0.2) is 0 Å². The van der Waals surface area contributed by atoms with Gasteiger partial charge in [-0.05, 0) is 42.3 Å². The number of benzene rings is 2. The van der Waals surface area contributed by atoms with Crippen molar-refractivity contribution >= 4 is 29.0 Å². The maximum atomic E-state index is 13.5. The number of rotatable bonds is 7. The molecule has 0 spiro atoms. The van der Waals surface area contributed by atoms with Crippen LogP contribution in [-0.4, -0.2) is 33.1 Å². The number of carbonyl (C=O) groups is 2. The summed E-state index contributed by atoms with van der Waals surface area (Å²) in [6, 6.07) is 22.4. The highest BCUT2D eigenvalue weighted by Crippen LogP contribution is 2.33. The van der Waals surface area contributed by atoms with Crippen molar-refractivity contribution in [1.82, 2.24) is 14.8 Å². The van der Waals surface area contributed by atoms with Crippen molar-refractivity contribution in [2.75, 3.05) is 6.54 Å². The third-order valence-corrected chi connectivity index (χ3v) is 5.49. The van der Waals surface area contributed by atoms with E-state index in [4.69, 9.17) is 11.6 Å². The minimum Gasteiger partial charge on any atom is -0.362 e. The molecule has 3 aromatic rings. The zero-order valence-corrected chi connectivity index (χ0v) is 17.9. The molecule has 0 atom stereocenters. The number of carbonyl (C=O) groups excluding carboxylic acids is 2. The summed E-state index contributed by atoms with van der Waals surface area (Å²) in [5.74, 6) is -0.627. The van der Waals surface area contributed by atoms with E-state index in [9.17, 15) is 9.59 Å². The highest BCUT2D eigenvalue weighted by atomic mass is 35.5. The van der Waals surface area contributed by atoms with Crippen LogP contribution in [0.25, 0.3) is 5.57 Å². The first-order valence-electron chi connectivity index (χ1n) is 10.1. The fourth-order valence-electron chi connectivity index (χ4n) is 3.68. The predicted octanol–water partition coefficient (Wildman–Crippen LogP) is 4.54. The molecule has 5 nitrogen and oxygen atoms in total. The fraction of sp³-hybridized carbons (Fsp3) is 0.160. The summed E-state index contributed by atoms with van der Waals surface area (Å²) < 4.78 is 0. The number of likely N-dealkylation sites (N-methyl/N-ethyl adjacent to an activating group) is 1. The Kier molecular flexibility index (Phi) is 6.14. The topological polar surface area (TPSA) is 53.5 Å². The second-order valence-corrected chi connectivity index (χ2v) is 7.68. The van der Waals surface area contributed by atoms with Gasteiger partial charge in [-0.1, -0.05) is 60.1 Å². The number of nitrogens with zero attached hydrogens (tertiary/aromatic N) is 3. The molecule has 2 heterocycles. The van der Waals surface area contributed by atoms with Gasteiger partial charge in [0, 0.05) is 24.3 Å². The highest BCUT2D eigenvalue weighted by Gasteiger charge is 2.41. The molecule has 0 radical (unpaired) electrons. The number of halogens is 1. The van der Waals surface area contributed by atoms with Crippen molar-refractivity contribution in [3.63, 3.8) is 0 Å². The van der Waals surface area contributed by atoms with Crippen molar-refractivity contribution in [3.8, 4) is 0 Å². The second-order valence-electron chi connectivity index (χ2n) is 7.25. The first kappa shape index (κ1) is 20.8. The molecule has 2 aromatic carbocycles. The molecule has 6 heteroatoms. The minimum atomic E-state index is -0.320. The smallest absolute Gasteiger partial charge is 0.278 e. The van der Waals surface area contributed by atoms with Crippen LogP contribution in [0.2, 0.25) is 5.02 Å². The maximum absolute atomic E-state index is 13.5. The summed E-state index contributed by atoms with van der Waals surface area (Å²) in [5.41, 5.74) is 3.21. The standard InChI is InChI=1S/C25H22ClN3O2/c1-2-28(16-18-8-4-3-5-9-18)23-22(19-11-13-20(26)14-12-19)24(30)29(25(23)31)17-21-10-6-7-15-27-21/h3-15H,2,16-17H2,1H3. The predicted molar refractivity (Wildman–Crippen MR) is 121 cm³/mol. The van der Waals surface area contributed by atoms with Gasteiger partial charge in [-0.2, -0.15) is 0 Å². The van der Waals surface area contributed by atoms with Crippen LogP contribution in [0.3, 0.4) is 0 Å². The number of hydrogen-bond donors (Lipinski definition) is 0. The Morgan fingerprint density at radius 2 is 1.61 bits per heavy atom. The molecule has 0 fully saturated rings. The van der Waals surface area contributed by atoms with Crippen LogP contribution in [0.5, 0.6) is 0 Å². The molecule has 31 heavy (non-hydrogen) atoms. The van der Waals surface area contributed by atoms with Crippen LogP contribution < -0.4 is 0 Å². The lowest BCUT2D eigenvalue weighted by Crippen LogP contribution is -2.35. The molecule has 1 aliphatic heterocycles. The van der Waals surface area contributed by atoms with E-state index in [-0.39, 0.29) is 18.4 Å². The molecule has 2 amide bonds. The Morgan fingerprint density at radius 1 is 0.903 bits per heavy atom. The van der Waals surface area contributed by atoms with Gasteiger partial charge in [0.2, 0.25) is 0 Å². The van der Waals surface area contributed by atoms with Crippen LogP contribution >= 0.6 is 11.6 Å². The zero-order chi connectivity index (χ0) is 21.8. The molecular weight excluding hydrogens is 410 g/mol. The van der Waals surface area contributed by atoms with Gasteiger partial charge in [0.15, 0.2) is 0 Å². The van der Waals surface area contributed by atoms with Gasteiger partial charge in [0.25, 0.3) is 11.8 Å². The molecule has 0 bridgehead atoms. The molecular formula is C25H22ClN3O2. The maximum Gasteiger partial charge on any atom is 0.278 e. The Balaban J connectivity index is 1.76. The lowest BCUT2D eigenvalue weighted by Gasteiger charge is -2.25. The van der Waals surface area contributed by atoms with Crippen molar-refractivity contribution < 1.29 is 9.59 Å². The van der Waals surface area contributed by atoms with E-state index < -0.39 is 0 Å². The van der Waals surface area contributed by atoms with E-state index in [1.807, 2.05) is 54.3 Å². The lowest BCUT2D eigenvalue weighted by molar-refractivity contribution is -0.138. The van der Waals surface area contributed by atoms with Crippen molar-refractivity contribution in [2.24, 2.45) is 0 Å². The molecule has 0 aliphatic carbocycles. The minimum absolute atomic E-state index is 0.127. The average molecular weight is 432 g/mol. The van der Waals surface area contributed by atoms with Gasteiger partial charge in [0.1, 0.15) is 5.70 Å². The van der Waals surface area contributed by atoms with Crippen molar-refractivity contribution in [2.45, 2.75) is 20.0 Å². The van der Waals surface area contributed by atoms with Crippen LogP contribution in [0.4, 0.5) is 0 Å². The number of imide groups is 1. The number of amides is 2. The Labute approximate surface area is 186 Å². The zero-order valence-electron chi connectivity index (χ0n) is 17.2. The van der Waals surface area contributed by atoms with Crippen LogP contribution in [0, 0.1) is 0 Å². The number of aromatic nitrogens is 1. The average Bonchev–Trinajstić information content (AvgIpc) is 3.04. The summed E-state index contributed by atoms with van der Waals surface area (Å²) in [6.07, 6.45) is 1.66. The Morgan fingerprint density at radius 3 is 2.26 bits per heavy atom. The molecule has 0 saturated heterocycles. The molecule has 1 aromatic heterocycles. The number of pyridine rings is 1. The largest absolute Gasteiger partial charge is 0.362 e. The Hall–Kier alpha value is -3.44. The third-order valence-electron chi connectivity index (χ3n) is 5.24. The monoisotopic (exact) mass is 431 g/mol. The quantitative estimate of drug-likeness (QED) is 0.515. The van der Waals surface area contributed by atoms with E-state index in [2.05, 4.69) is 4.98 Å².